The second-order valence-corrected chi connectivity index (χ2v) is 8.14. The first-order chi connectivity index (χ1) is 12.5. The number of rotatable bonds is 4. The minimum Gasteiger partial charge on any atom is -0.388 e. The molecule has 1 aliphatic heterocycles. The maximum absolute atomic E-state index is 13.4. The molecule has 0 radical (unpaired) electrons. The van der Waals surface area contributed by atoms with Gasteiger partial charge >= 0.3 is 0 Å². The number of fused-ring (bicyclic) bond motifs is 1. The van der Waals surface area contributed by atoms with Crippen molar-refractivity contribution < 1.29 is 14.6 Å². The molecule has 6 nitrogen and oxygen atoms in total. The summed E-state index contributed by atoms with van der Waals surface area (Å²) in [6.07, 6.45) is 6.87. The SMILES string of the molecule is C[C@@H]1CCC[C@](O)(CN(C(=O)c2c[nH]c3ncccc23)C2COC2Cl)C1. The summed E-state index contributed by atoms with van der Waals surface area (Å²) >= 11 is 6.21. The van der Waals surface area contributed by atoms with Gasteiger partial charge in [0.25, 0.3) is 5.91 Å². The summed E-state index contributed by atoms with van der Waals surface area (Å²) in [4.78, 5) is 22.3. The largest absolute Gasteiger partial charge is 0.388 e. The number of hydrogen-bond donors (Lipinski definition) is 2. The molecule has 0 spiro atoms. The summed E-state index contributed by atoms with van der Waals surface area (Å²) in [5.74, 6) is 0.308. The second-order valence-electron chi connectivity index (χ2n) is 7.71. The predicted molar refractivity (Wildman–Crippen MR) is 99.1 cm³/mol. The number of nitrogens with one attached hydrogen (secondary N) is 1. The minimum atomic E-state index is -0.871. The quantitative estimate of drug-likeness (QED) is 0.803. The lowest BCUT2D eigenvalue weighted by molar-refractivity contribution is -0.108. The average Bonchev–Trinajstić information content (AvgIpc) is 3.03. The van der Waals surface area contributed by atoms with Crippen molar-refractivity contribution in [3.05, 3.63) is 30.1 Å². The van der Waals surface area contributed by atoms with E-state index in [1.807, 2.05) is 12.1 Å². The van der Waals surface area contributed by atoms with Crippen molar-refractivity contribution in [3.8, 4) is 0 Å². The van der Waals surface area contributed by atoms with Crippen molar-refractivity contribution in [1.82, 2.24) is 14.9 Å². The van der Waals surface area contributed by atoms with E-state index >= 15 is 0 Å². The highest BCUT2D eigenvalue weighted by Crippen LogP contribution is 2.35. The van der Waals surface area contributed by atoms with Crippen molar-refractivity contribution in [2.45, 2.75) is 49.8 Å². The third-order valence-electron chi connectivity index (χ3n) is 5.60. The summed E-state index contributed by atoms with van der Waals surface area (Å²) in [5.41, 5.74) is -0.180. The summed E-state index contributed by atoms with van der Waals surface area (Å²) < 4.78 is 5.29. The Balaban J connectivity index is 1.64. The fraction of sp³-hybridized carbons (Fsp3) is 0.579. The molecule has 1 aliphatic carbocycles. The van der Waals surface area contributed by atoms with Crippen LogP contribution in [0.25, 0.3) is 11.0 Å². The Hall–Kier alpha value is -1.63. The van der Waals surface area contributed by atoms with Gasteiger partial charge in [-0.25, -0.2) is 4.98 Å². The number of aliphatic hydroxyl groups is 1. The van der Waals surface area contributed by atoms with Crippen LogP contribution in [0, 0.1) is 5.92 Å². The van der Waals surface area contributed by atoms with Crippen LogP contribution in [0.3, 0.4) is 0 Å². The first-order valence-electron chi connectivity index (χ1n) is 9.18. The second kappa shape index (κ2) is 6.83. The highest BCUT2D eigenvalue weighted by atomic mass is 35.5. The van der Waals surface area contributed by atoms with Gasteiger partial charge in [0.2, 0.25) is 0 Å². The van der Waals surface area contributed by atoms with Gasteiger partial charge in [-0.05, 0) is 30.9 Å². The monoisotopic (exact) mass is 377 g/mol. The van der Waals surface area contributed by atoms with Gasteiger partial charge in [0.15, 0.2) is 5.56 Å². The Morgan fingerprint density at radius 1 is 1.58 bits per heavy atom. The van der Waals surface area contributed by atoms with Gasteiger partial charge in [0, 0.05) is 17.8 Å². The number of nitrogens with zero attached hydrogens (tertiary/aromatic N) is 2. The molecule has 0 aromatic carbocycles. The number of amides is 1. The Labute approximate surface area is 157 Å². The Morgan fingerprint density at radius 2 is 2.42 bits per heavy atom. The lowest BCUT2D eigenvalue weighted by Crippen LogP contribution is -2.60. The molecule has 2 N–H and O–H groups in total. The van der Waals surface area contributed by atoms with Crippen LogP contribution in [0.1, 0.15) is 43.0 Å². The van der Waals surface area contributed by atoms with Gasteiger partial charge in [0.1, 0.15) is 5.65 Å². The molecule has 7 heteroatoms. The van der Waals surface area contributed by atoms with E-state index in [4.69, 9.17) is 16.3 Å². The van der Waals surface area contributed by atoms with Gasteiger partial charge in [-0.15, -0.1) is 0 Å². The summed E-state index contributed by atoms with van der Waals surface area (Å²) in [6, 6.07) is 3.45. The third kappa shape index (κ3) is 3.21. The van der Waals surface area contributed by atoms with E-state index in [0.717, 1.165) is 18.2 Å². The topological polar surface area (TPSA) is 78.5 Å². The average molecular weight is 378 g/mol. The number of ether oxygens (including phenoxy) is 1. The van der Waals surface area contributed by atoms with Gasteiger partial charge in [-0.2, -0.15) is 0 Å². The van der Waals surface area contributed by atoms with Crippen LogP contribution in [0.2, 0.25) is 0 Å². The number of pyridine rings is 1. The van der Waals surface area contributed by atoms with E-state index in [1.54, 1.807) is 17.3 Å². The van der Waals surface area contributed by atoms with Crippen molar-refractivity contribution >= 4 is 28.5 Å². The number of alkyl halides is 1. The summed E-state index contributed by atoms with van der Waals surface area (Å²) in [5, 5.41) is 11.9. The number of carbonyl (C=O) groups excluding carboxylic acids is 1. The Bertz CT molecular complexity index is 810. The zero-order valence-electron chi connectivity index (χ0n) is 14.8. The number of halogens is 1. The van der Waals surface area contributed by atoms with E-state index in [2.05, 4.69) is 16.9 Å². The molecule has 3 heterocycles. The molecule has 4 rings (SSSR count). The molecule has 1 amide bonds. The summed E-state index contributed by atoms with van der Waals surface area (Å²) in [6.45, 7) is 2.82. The first kappa shape index (κ1) is 17.8. The van der Waals surface area contributed by atoms with Crippen LogP contribution in [0.4, 0.5) is 0 Å². The third-order valence-corrected chi connectivity index (χ3v) is 6.02. The molecule has 1 saturated carbocycles. The predicted octanol–water partition coefficient (Wildman–Crippen LogP) is 2.91. The van der Waals surface area contributed by atoms with Crippen molar-refractivity contribution in [3.63, 3.8) is 0 Å². The molecule has 1 saturated heterocycles. The van der Waals surface area contributed by atoms with Gasteiger partial charge in [-0.1, -0.05) is 31.4 Å². The van der Waals surface area contributed by atoms with Crippen LogP contribution in [-0.2, 0) is 4.74 Å². The van der Waals surface area contributed by atoms with Gasteiger partial charge < -0.3 is 19.7 Å². The maximum atomic E-state index is 13.4. The number of carbonyl (C=O) groups is 1. The van der Waals surface area contributed by atoms with Crippen molar-refractivity contribution in [2.75, 3.05) is 13.2 Å². The normalized spacial score (nSPS) is 31.6. The maximum Gasteiger partial charge on any atom is 0.256 e. The highest BCUT2D eigenvalue weighted by molar-refractivity contribution is 6.21. The van der Waals surface area contributed by atoms with Crippen LogP contribution in [-0.4, -0.2) is 56.2 Å². The fourth-order valence-corrected chi connectivity index (χ4v) is 4.49. The first-order valence-corrected chi connectivity index (χ1v) is 9.62. The molecule has 26 heavy (non-hydrogen) atoms. The molecule has 2 aromatic rings. The van der Waals surface area contributed by atoms with Crippen molar-refractivity contribution in [2.24, 2.45) is 5.92 Å². The molecule has 0 bridgehead atoms. The molecule has 2 aliphatic rings. The number of H-pyrrole nitrogens is 1. The lowest BCUT2D eigenvalue weighted by Gasteiger charge is -2.46. The molecular formula is C19H24ClN3O3. The number of hydrogen-bond acceptors (Lipinski definition) is 4. The molecule has 2 unspecified atom stereocenters. The standard InChI is InChI=1S/C19H24ClN3O3/c1-12-4-2-6-19(25,8-12)11-23(15-10-26-16(15)20)18(24)14-9-22-17-13(14)5-3-7-21-17/h3,5,7,9,12,15-16,25H,2,4,6,8,10-11H2,1H3,(H,21,22)/t12-,15?,16?,19-/m1/s1. The smallest absolute Gasteiger partial charge is 0.256 e. The van der Waals surface area contributed by atoms with E-state index in [9.17, 15) is 9.90 Å². The molecule has 2 aromatic heterocycles. The molecule has 4 atom stereocenters. The lowest BCUT2D eigenvalue weighted by atomic mass is 9.78. The van der Waals surface area contributed by atoms with E-state index in [1.165, 1.54) is 0 Å². The van der Waals surface area contributed by atoms with E-state index < -0.39 is 11.2 Å². The number of aromatic nitrogens is 2. The zero-order chi connectivity index (χ0) is 18.3. The number of aromatic amines is 1. The highest BCUT2D eigenvalue weighted by Gasteiger charge is 2.44. The molecule has 2 fully saturated rings. The van der Waals surface area contributed by atoms with Crippen molar-refractivity contribution in [1.29, 1.82) is 0 Å². The van der Waals surface area contributed by atoms with E-state index in [0.29, 0.717) is 36.6 Å². The summed E-state index contributed by atoms with van der Waals surface area (Å²) in [7, 11) is 0. The Morgan fingerprint density at radius 3 is 3.12 bits per heavy atom. The zero-order valence-corrected chi connectivity index (χ0v) is 15.6. The van der Waals surface area contributed by atoms with Gasteiger partial charge in [-0.3, -0.25) is 4.79 Å². The van der Waals surface area contributed by atoms with E-state index in [-0.39, 0.29) is 18.5 Å². The van der Waals surface area contributed by atoms with Crippen LogP contribution >= 0.6 is 11.6 Å². The Kier molecular flexibility index (Phi) is 4.67. The molecular weight excluding hydrogens is 354 g/mol. The minimum absolute atomic E-state index is 0.144. The van der Waals surface area contributed by atoms with Crippen LogP contribution < -0.4 is 0 Å². The van der Waals surface area contributed by atoms with Gasteiger partial charge in [0.05, 0.1) is 30.4 Å². The molecule has 140 valence electrons. The fourth-order valence-electron chi connectivity index (χ4n) is 4.21. The van der Waals surface area contributed by atoms with Crippen LogP contribution in [0.5, 0.6) is 0 Å². The van der Waals surface area contributed by atoms with Crippen LogP contribution in [0.15, 0.2) is 24.5 Å².